The lowest BCUT2D eigenvalue weighted by molar-refractivity contribution is 0.152. The minimum absolute atomic E-state index is 0.148. The molecule has 100 valence electrons. The second-order valence-corrected chi connectivity index (χ2v) is 5.30. The second-order valence-electron chi connectivity index (χ2n) is 5.30. The first-order valence-corrected chi connectivity index (χ1v) is 6.80. The summed E-state index contributed by atoms with van der Waals surface area (Å²) in [5.74, 6) is 0.227. The van der Waals surface area contributed by atoms with Crippen molar-refractivity contribution in [1.82, 2.24) is 5.32 Å². The van der Waals surface area contributed by atoms with Gasteiger partial charge in [0.1, 0.15) is 5.82 Å². The third-order valence-electron chi connectivity index (χ3n) is 3.93. The number of aliphatic hydroxyl groups excluding tert-OH is 1. The molecule has 0 radical (unpaired) electrons. The van der Waals surface area contributed by atoms with Crippen molar-refractivity contribution >= 4 is 0 Å². The summed E-state index contributed by atoms with van der Waals surface area (Å²) in [6, 6.07) is 5.64. The van der Waals surface area contributed by atoms with Gasteiger partial charge in [0, 0.05) is 19.2 Å². The van der Waals surface area contributed by atoms with Gasteiger partial charge in [0.2, 0.25) is 0 Å². The zero-order valence-corrected chi connectivity index (χ0v) is 11.0. The fourth-order valence-corrected chi connectivity index (χ4v) is 2.76. The average molecular weight is 251 g/mol. The Labute approximate surface area is 108 Å². The smallest absolute Gasteiger partial charge is 0.126 e. The van der Waals surface area contributed by atoms with E-state index in [4.69, 9.17) is 0 Å². The van der Waals surface area contributed by atoms with E-state index < -0.39 is 0 Å². The number of rotatable bonds is 4. The van der Waals surface area contributed by atoms with Crippen LogP contribution in [-0.4, -0.2) is 17.8 Å². The number of hydrogen-bond donors (Lipinski definition) is 2. The number of nitrogens with one attached hydrogen (secondary N) is 1. The van der Waals surface area contributed by atoms with Crippen LogP contribution in [0.4, 0.5) is 4.39 Å². The van der Waals surface area contributed by atoms with Gasteiger partial charge in [-0.2, -0.15) is 0 Å². The van der Waals surface area contributed by atoms with Gasteiger partial charge in [0.05, 0.1) is 0 Å². The number of hydrogen-bond acceptors (Lipinski definition) is 2. The molecule has 2 rings (SSSR count). The molecule has 3 heteroatoms. The lowest BCUT2D eigenvalue weighted by Crippen LogP contribution is -2.39. The molecule has 1 saturated carbocycles. The van der Waals surface area contributed by atoms with Crippen LogP contribution in [0.15, 0.2) is 18.2 Å². The Bertz CT molecular complexity index is 394. The molecule has 0 heterocycles. The van der Waals surface area contributed by atoms with Crippen molar-refractivity contribution in [3.63, 3.8) is 0 Å². The van der Waals surface area contributed by atoms with Gasteiger partial charge in [-0.3, -0.25) is 0 Å². The molecule has 2 N–H and O–H groups in total. The first-order chi connectivity index (χ1) is 8.70. The largest absolute Gasteiger partial charge is 0.396 e. The fraction of sp³-hybridized carbons (Fsp3) is 0.600. The van der Waals surface area contributed by atoms with Crippen molar-refractivity contribution in [2.45, 2.75) is 45.2 Å². The molecule has 0 aromatic heterocycles. The van der Waals surface area contributed by atoms with Gasteiger partial charge in [-0.25, -0.2) is 4.39 Å². The first-order valence-electron chi connectivity index (χ1n) is 6.80. The van der Waals surface area contributed by atoms with Crippen LogP contribution in [0.1, 0.15) is 36.8 Å². The standard InChI is InChI=1S/C15H22FNO/c1-11-8-12(6-7-14(11)16)9-17-15-5-3-2-4-13(15)10-18/h6-8,13,15,17-18H,2-5,9-10H2,1H3. The molecular formula is C15H22FNO. The molecule has 1 aromatic rings. The van der Waals surface area contributed by atoms with E-state index in [9.17, 15) is 9.50 Å². The summed E-state index contributed by atoms with van der Waals surface area (Å²) >= 11 is 0. The number of aliphatic hydroxyl groups is 1. The van der Waals surface area contributed by atoms with Crippen molar-refractivity contribution in [1.29, 1.82) is 0 Å². The number of aryl methyl sites for hydroxylation is 1. The van der Waals surface area contributed by atoms with Gasteiger partial charge in [0.25, 0.3) is 0 Å². The lowest BCUT2D eigenvalue weighted by atomic mass is 9.85. The normalized spacial score (nSPS) is 24.2. The van der Waals surface area contributed by atoms with Crippen LogP contribution >= 0.6 is 0 Å². The maximum Gasteiger partial charge on any atom is 0.126 e. The fourth-order valence-electron chi connectivity index (χ4n) is 2.76. The highest BCUT2D eigenvalue weighted by Crippen LogP contribution is 2.24. The van der Waals surface area contributed by atoms with Gasteiger partial charge in [-0.15, -0.1) is 0 Å². The highest BCUT2D eigenvalue weighted by atomic mass is 19.1. The molecule has 0 aliphatic heterocycles. The molecule has 0 saturated heterocycles. The topological polar surface area (TPSA) is 32.3 Å². The van der Waals surface area contributed by atoms with Crippen LogP contribution in [0.3, 0.4) is 0 Å². The number of benzene rings is 1. The average Bonchev–Trinajstić information content (AvgIpc) is 2.40. The Hall–Kier alpha value is -0.930. The lowest BCUT2D eigenvalue weighted by Gasteiger charge is -2.31. The Balaban J connectivity index is 1.91. The van der Waals surface area contributed by atoms with Crippen molar-refractivity contribution in [3.05, 3.63) is 35.1 Å². The van der Waals surface area contributed by atoms with E-state index in [0.29, 0.717) is 17.5 Å². The zero-order chi connectivity index (χ0) is 13.0. The molecular weight excluding hydrogens is 229 g/mol. The molecule has 1 aliphatic carbocycles. The first kappa shape index (κ1) is 13.5. The van der Waals surface area contributed by atoms with Gasteiger partial charge in [-0.1, -0.05) is 25.0 Å². The summed E-state index contributed by atoms with van der Waals surface area (Å²) < 4.78 is 13.2. The van der Waals surface area contributed by atoms with Crippen molar-refractivity contribution < 1.29 is 9.50 Å². The Kier molecular flexibility index (Phi) is 4.72. The summed E-state index contributed by atoms with van der Waals surface area (Å²) in [4.78, 5) is 0. The Morgan fingerprint density at radius 3 is 2.83 bits per heavy atom. The van der Waals surface area contributed by atoms with Crippen LogP contribution in [0.25, 0.3) is 0 Å². The molecule has 0 spiro atoms. The summed E-state index contributed by atoms with van der Waals surface area (Å²) in [5, 5.41) is 12.9. The zero-order valence-electron chi connectivity index (χ0n) is 11.0. The van der Waals surface area contributed by atoms with Crippen LogP contribution in [0.5, 0.6) is 0 Å². The van der Waals surface area contributed by atoms with Crippen molar-refractivity contribution in [3.8, 4) is 0 Å². The molecule has 1 aromatic carbocycles. The highest BCUT2D eigenvalue weighted by Gasteiger charge is 2.23. The van der Waals surface area contributed by atoms with Crippen LogP contribution < -0.4 is 5.32 Å². The van der Waals surface area contributed by atoms with E-state index in [0.717, 1.165) is 24.9 Å². The minimum Gasteiger partial charge on any atom is -0.396 e. The van der Waals surface area contributed by atoms with Crippen LogP contribution in [0, 0.1) is 18.7 Å². The van der Waals surface area contributed by atoms with E-state index in [1.54, 1.807) is 6.92 Å². The van der Waals surface area contributed by atoms with E-state index >= 15 is 0 Å². The van der Waals surface area contributed by atoms with Gasteiger partial charge in [-0.05, 0) is 42.9 Å². The molecule has 0 amide bonds. The number of halogens is 1. The Morgan fingerprint density at radius 2 is 2.11 bits per heavy atom. The Morgan fingerprint density at radius 1 is 1.33 bits per heavy atom. The van der Waals surface area contributed by atoms with E-state index in [1.165, 1.54) is 18.9 Å². The maximum atomic E-state index is 13.2. The van der Waals surface area contributed by atoms with Crippen LogP contribution in [0.2, 0.25) is 0 Å². The predicted octanol–water partition coefficient (Wildman–Crippen LogP) is 2.77. The van der Waals surface area contributed by atoms with Crippen LogP contribution in [-0.2, 0) is 6.54 Å². The summed E-state index contributed by atoms with van der Waals surface area (Å²) in [6.07, 6.45) is 4.69. The summed E-state index contributed by atoms with van der Waals surface area (Å²) in [7, 11) is 0. The molecule has 2 nitrogen and oxygen atoms in total. The highest BCUT2D eigenvalue weighted by molar-refractivity contribution is 5.23. The third kappa shape index (κ3) is 3.30. The molecule has 1 aliphatic rings. The van der Waals surface area contributed by atoms with Crippen molar-refractivity contribution in [2.75, 3.05) is 6.61 Å². The molecule has 18 heavy (non-hydrogen) atoms. The summed E-state index contributed by atoms with van der Waals surface area (Å²) in [6.45, 7) is 2.80. The maximum absolute atomic E-state index is 13.2. The van der Waals surface area contributed by atoms with Gasteiger partial charge < -0.3 is 10.4 Å². The monoisotopic (exact) mass is 251 g/mol. The quantitative estimate of drug-likeness (QED) is 0.862. The molecule has 2 unspecified atom stereocenters. The van der Waals surface area contributed by atoms with E-state index in [2.05, 4.69) is 5.32 Å². The van der Waals surface area contributed by atoms with Gasteiger partial charge >= 0.3 is 0 Å². The van der Waals surface area contributed by atoms with E-state index in [1.807, 2.05) is 12.1 Å². The molecule has 1 fully saturated rings. The third-order valence-corrected chi connectivity index (χ3v) is 3.93. The second kappa shape index (κ2) is 6.30. The summed E-state index contributed by atoms with van der Waals surface area (Å²) in [5.41, 5.74) is 1.80. The predicted molar refractivity (Wildman–Crippen MR) is 70.8 cm³/mol. The van der Waals surface area contributed by atoms with Crippen molar-refractivity contribution in [2.24, 2.45) is 5.92 Å². The SMILES string of the molecule is Cc1cc(CNC2CCCCC2CO)ccc1F. The molecule has 2 atom stereocenters. The molecule has 0 bridgehead atoms. The minimum atomic E-state index is -0.148. The van der Waals surface area contributed by atoms with Gasteiger partial charge in [0.15, 0.2) is 0 Å². The van der Waals surface area contributed by atoms with E-state index in [-0.39, 0.29) is 12.4 Å².